The smallest absolute Gasteiger partial charge is 0.231 e. The molecule has 0 aromatic heterocycles. The third-order valence-electron chi connectivity index (χ3n) is 3.63. The lowest BCUT2D eigenvalue weighted by Gasteiger charge is -2.26. The van der Waals surface area contributed by atoms with Crippen molar-refractivity contribution in [2.24, 2.45) is 5.41 Å². The lowest BCUT2D eigenvalue weighted by molar-refractivity contribution is -0.125. The Morgan fingerprint density at radius 2 is 2.37 bits per heavy atom. The normalized spacial score (nSPS) is 22.5. The summed E-state index contributed by atoms with van der Waals surface area (Å²) in [5.41, 5.74) is 0.376. The maximum Gasteiger partial charge on any atom is 0.231 e. The number of rotatable bonds is 4. The molecule has 1 unspecified atom stereocenters. The quantitative estimate of drug-likeness (QED) is 0.793. The summed E-state index contributed by atoms with van der Waals surface area (Å²) in [6.07, 6.45) is 2.73. The highest BCUT2D eigenvalue weighted by atomic mass is 127. The number of anilines is 1. The maximum absolute atomic E-state index is 13.1. The molecule has 5 heteroatoms. The SMILES string of the molecule is CCCC1(C(=O)Nc2ccc(F)cc2I)CCNC1. The molecule has 0 bridgehead atoms. The van der Waals surface area contributed by atoms with Crippen LogP contribution in [0.2, 0.25) is 0 Å². The largest absolute Gasteiger partial charge is 0.325 e. The number of hydrogen-bond acceptors (Lipinski definition) is 2. The van der Waals surface area contributed by atoms with E-state index >= 15 is 0 Å². The molecular formula is C14H18FIN2O. The summed E-state index contributed by atoms with van der Waals surface area (Å²) in [6.45, 7) is 3.70. The number of nitrogens with one attached hydrogen (secondary N) is 2. The minimum atomic E-state index is -0.313. The van der Waals surface area contributed by atoms with Crippen molar-refractivity contribution < 1.29 is 9.18 Å². The fourth-order valence-electron chi connectivity index (χ4n) is 2.59. The number of hydrogen-bond donors (Lipinski definition) is 2. The molecule has 1 aromatic carbocycles. The molecule has 1 amide bonds. The van der Waals surface area contributed by atoms with Gasteiger partial charge in [-0.3, -0.25) is 4.79 Å². The zero-order valence-electron chi connectivity index (χ0n) is 10.9. The predicted octanol–water partition coefficient (Wildman–Crippen LogP) is 3.15. The van der Waals surface area contributed by atoms with E-state index in [1.54, 1.807) is 6.07 Å². The number of carbonyl (C=O) groups is 1. The van der Waals surface area contributed by atoms with E-state index in [4.69, 9.17) is 0 Å². The van der Waals surface area contributed by atoms with E-state index < -0.39 is 0 Å². The van der Waals surface area contributed by atoms with Gasteiger partial charge in [-0.15, -0.1) is 0 Å². The molecule has 1 aliphatic rings. The molecule has 1 aromatic rings. The summed E-state index contributed by atoms with van der Waals surface area (Å²) in [5, 5.41) is 6.22. The van der Waals surface area contributed by atoms with Gasteiger partial charge in [-0.1, -0.05) is 13.3 Å². The number of benzene rings is 1. The molecule has 104 valence electrons. The van der Waals surface area contributed by atoms with E-state index in [0.717, 1.165) is 35.9 Å². The third kappa shape index (κ3) is 3.25. The fourth-order valence-corrected chi connectivity index (χ4v) is 3.20. The summed E-state index contributed by atoms with van der Waals surface area (Å²) in [5.74, 6) is -0.239. The summed E-state index contributed by atoms with van der Waals surface area (Å²) in [7, 11) is 0. The highest BCUT2D eigenvalue weighted by Crippen LogP contribution is 2.33. The van der Waals surface area contributed by atoms with Crippen molar-refractivity contribution in [3.63, 3.8) is 0 Å². The molecule has 2 N–H and O–H groups in total. The van der Waals surface area contributed by atoms with Crippen LogP contribution < -0.4 is 10.6 Å². The summed E-state index contributed by atoms with van der Waals surface area (Å²) in [4.78, 5) is 12.5. The van der Waals surface area contributed by atoms with Gasteiger partial charge in [-0.25, -0.2) is 4.39 Å². The van der Waals surface area contributed by atoms with Gasteiger partial charge >= 0.3 is 0 Å². The third-order valence-corrected chi connectivity index (χ3v) is 4.53. The average molecular weight is 376 g/mol. The van der Waals surface area contributed by atoms with E-state index in [1.807, 2.05) is 22.6 Å². The Bertz CT molecular complexity index is 473. The highest BCUT2D eigenvalue weighted by molar-refractivity contribution is 14.1. The van der Waals surface area contributed by atoms with E-state index in [9.17, 15) is 9.18 Å². The highest BCUT2D eigenvalue weighted by Gasteiger charge is 2.40. The minimum absolute atomic E-state index is 0.0453. The molecule has 1 saturated heterocycles. The first-order valence-electron chi connectivity index (χ1n) is 6.54. The van der Waals surface area contributed by atoms with Crippen molar-refractivity contribution >= 4 is 34.2 Å². The Hall–Kier alpha value is -0.690. The molecule has 3 nitrogen and oxygen atoms in total. The molecule has 19 heavy (non-hydrogen) atoms. The van der Waals surface area contributed by atoms with Crippen molar-refractivity contribution in [3.8, 4) is 0 Å². The number of halogens is 2. The van der Waals surface area contributed by atoms with Gasteiger partial charge in [0.1, 0.15) is 5.82 Å². The first-order valence-corrected chi connectivity index (χ1v) is 7.62. The zero-order chi connectivity index (χ0) is 13.9. The van der Waals surface area contributed by atoms with Gasteiger partial charge in [-0.05, 0) is 60.2 Å². The second kappa shape index (κ2) is 6.17. The second-order valence-corrected chi connectivity index (χ2v) is 6.20. The van der Waals surface area contributed by atoms with Crippen LogP contribution in [0.5, 0.6) is 0 Å². The van der Waals surface area contributed by atoms with Crippen LogP contribution in [0.25, 0.3) is 0 Å². The standard InChI is InChI=1S/C14H18FIN2O/c1-2-5-14(6-7-17-9-14)13(19)18-12-4-3-10(15)8-11(12)16/h3-4,8,17H,2,5-7,9H2,1H3,(H,18,19). The molecule has 0 radical (unpaired) electrons. The van der Waals surface area contributed by atoms with Crippen LogP contribution >= 0.6 is 22.6 Å². The Balaban J connectivity index is 2.15. The van der Waals surface area contributed by atoms with Crippen LogP contribution in [0.4, 0.5) is 10.1 Å². The minimum Gasteiger partial charge on any atom is -0.325 e. The van der Waals surface area contributed by atoms with Crippen LogP contribution in [0.1, 0.15) is 26.2 Å². The van der Waals surface area contributed by atoms with Crippen LogP contribution in [-0.4, -0.2) is 19.0 Å². The summed E-state index contributed by atoms with van der Waals surface area (Å²) < 4.78 is 13.8. The maximum atomic E-state index is 13.1. The van der Waals surface area contributed by atoms with Gasteiger partial charge in [0.15, 0.2) is 0 Å². The number of carbonyl (C=O) groups excluding carboxylic acids is 1. The lowest BCUT2D eigenvalue weighted by Crippen LogP contribution is -2.38. The van der Waals surface area contributed by atoms with Crippen molar-refractivity contribution in [2.75, 3.05) is 18.4 Å². The molecule has 2 rings (SSSR count). The first kappa shape index (κ1) is 14.7. The molecule has 1 aliphatic heterocycles. The van der Waals surface area contributed by atoms with Gasteiger partial charge in [-0.2, -0.15) is 0 Å². The lowest BCUT2D eigenvalue weighted by atomic mass is 9.81. The van der Waals surface area contributed by atoms with E-state index in [0.29, 0.717) is 5.69 Å². The second-order valence-electron chi connectivity index (χ2n) is 5.04. The van der Waals surface area contributed by atoms with Gasteiger partial charge in [0, 0.05) is 10.1 Å². The molecular weight excluding hydrogens is 358 g/mol. The van der Waals surface area contributed by atoms with Gasteiger partial charge in [0.25, 0.3) is 0 Å². The molecule has 1 heterocycles. The Labute approximate surface area is 126 Å². The summed E-state index contributed by atoms with van der Waals surface area (Å²) >= 11 is 2.04. The Kier molecular flexibility index (Phi) is 4.78. The van der Waals surface area contributed by atoms with Crippen LogP contribution in [0, 0.1) is 14.8 Å². The molecule has 0 aliphatic carbocycles. The molecule has 1 atom stereocenters. The van der Waals surface area contributed by atoms with Gasteiger partial charge < -0.3 is 10.6 Å². The average Bonchev–Trinajstić information content (AvgIpc) is 2.83. The number of amides is 1. The summed E-state index contributed by atoms with van der Waals surface area (Å²) in [6, 6.07) is 4.42. The van der Waals surface area contributed by atoms with Crippen molar-refractivity contribution in [3.05, 3.63) is 27.6 Å². The Morgan fingerprint density at radius 3 is 2.95 bits per heavy atom. The predicted molar refractivity (Wildman–Crippen MR) is 82.6 cm³/mol. The van der Waals surface area contributed by atoms with Crippen LogP contribution in [-0.2, 0) is 4.79 Å². The van der Waals surface area contributed by atoms with Crippen LogP contribution in [0.3, 0.4) is 0 Å². The van der Waals surface area contributed by atoms with Crippen molar-refractivity contribution in [2.45, 2.75) is 26.2 Å². The fraction of sp³-hybridized carbons (Fsp3) is 0.500. The molecule has 1 fully saturated rings. The van der Waals surface area contributed by atoms with E-state index in [1.165, 1.54) is 12.1 Å². The molecule has 0 saturated carbocycles. The topological polar surface area (TPSA) is 41.1 Å². The molecule has 0 spiro atoms. The van der Waals surface area contributed by atoms with Crippen molar-refractivity contribution in [1.29, 1.82) is 0 Å². The van der Waals surface area contributed by atoms with Gasteiger partial charge in [0.05, 0.1) is 11.1 Å². The van der Waals surface area contributed by atoms with Gasteiger partial charge in [0.2, 0.25) is 5.91 Å². The monoisotopic (exact) mass is 376 g/mol. The van der Waals surface area contributed by atoms with E-state index in [-0.39, 0.29) is 17.1 Å². The zero-order valence-corrected chi connectivity index (χ0v) is 13.1. The Morgan fingerprint density at radius 1 is 1.58 bits per heavy atom. The first-order chi connectivity index (χ1) is 9.07. The van der Waals surface area contributed by atoms with E-state index in [2.05, 4.69) is 17.6 Å². The van der Waals surface area contributed by atoms with Crippen LogP contribution in [0.15, 0.2) is 18.2 Å². The van der Waals surface area contributed by atoms with Crippen molar-refractivity contribution in [1.82, 2.24) is 5.32 Å².